The summed E-state index contributed by atoms with van der Waals surface area (Å²) in [5.41, 5.74) is 4.75. The molecule has 1 N–H and O–H groups in total. The first kappa shape index (κ1) is 13.8. The van der Waals surface area contributed by atoms with E-state index >= 15 is 0 Å². The van der Waals surface area contributed by atoms with Gasteiger partial charge in [-0.3, -0.25) is 4.79 Å². The second-order valence-electron chi connectivity index (χ2n) is 4.73. The van der Waals surface area contributed by atoms with Gasteiger partial charge in [0.05, 0.1) is 0 Å². The van der Waals surface area contributed by atoms with Crippen molar-refractivity contribution in [3.8, 4) is 0 Å². The van der Waals surface area contributed by atoms with Crippen molar-refractivity contribution in [2.45, 2.75) is 20.8 Å². The number of benzene rings is 2. The first-order chi connectivity index (χ1) is 8.97. The van der Waals surface area contributed by atoms with Crippen molar-refractivity contribution >= 4 is 27.5 Å². The molecule has 0 fully saturated rings. The third-order valence-corrected chi connectivity index (χ3v) is 3.53. The molecule has 0 saturated carbocycles. The Kier molecular flexibility index (Phi) is 4.05. The van der Waals surface area contributed by atoms with Crippen molar-refractivity contribution in [3.63, 3.8) is 0 Å². The van der Waals surface area contributed by atoms with Crippen LogP contribution in [0, 0.1) is 20.8 Å². The molecule has 2 aromatic carbocycles. The summed E-state index contributed by atoms with van der Waals surface area (Å²) >= 11 is 3.38. The molecule has 0 saturated heterocycles. The molecule has 19 heavy (non-hydrogen) atoms. The number of carbonyl (C=O) groups is 1. The molecule has 0 heterocycles. The highest BCUT2D eigenvalue weighted by Gasteiger charge is 2.12. The van der Waals surface area contributed by atoms with E-state index in [1.807, 2.05) is 57.2 Å². The highest BCUT2D eigenvalue weighted by molar-refractivity contribution is 9.10. The van der Waals surface area contributed by atoms with Gasteiger partial charge in [0.1, 0.15) is 0 Å². The molecular weight excluding hydrogens is 302 g/mol. The maximum absolute atomic E-state index is 12.3. The van der Waals surface area contributed by atoms with Gasteiger partial charge in [-0.25, -0.2) is 0 Å². The second kappa shape index (κ2) is 5.57. The van der Waals surface area contributed by atoms with Crippen LogP contribution in [0.3, 0.4) is 0 Å². The maximum Gasteiger partial charge on any atom is 0.256 e. The van der Waals surface area contributed by atoms with Crippen molar-refractivity contribution < 1.29 is 4.79 Å². The average molecular weight is 318 g/mol. The standard InChI is InChI=1S/C16H16BrNO/c1-10-8-11(2)15(12(3)9-10)16(19)18-14-6-4-13(17)5-7-14/h4-9H,1-3H3,(H,18,19). The molecule has 0 aliphatic carbocycles. The fourth-order valence-corrected chi connectivity index (χ4v) is 2.53. The number of aryl methyl sites for hydroxylation is 3. The molecule has 0 unspecified atom stereocenters. The third-order valence-electron chi connectivity index (χ3n) is 3.01. The Balaban J connectivity index is 2.28. The number of hydrogen-bond donors (Lipinski definition) is 1. The van der Waals surface area contributed by atoms with Crippen LogP contribution in [0.4, 0.5) is 5.69 Å². The number of anilines is 1. The molecule has 98 valence electrons. The number of halogens is 1. The Hall–Kier alpha value is -1.61. The number of amides is 1. The minimum absolute atomic E-state index is 0.0580. The molecule has 0 aliphatic heterocycles. The van der Waals surface area contributed by atoms with E-state index in [1.54, 1.807) is 0 Å². The molecule has 2 rings (SSSR count). The lowest BCUT2D eigenvalue weighted by atomic mass is 9.99. The normalized spacial score (nSPS) is 10.3. The van der Waals surface area contributed by atoms with E-state index in [4.69, 9.17) is 0 Å². The van der Waals surface area contributed by atoms with Gasteiger partial charge in [0.15, 0.2) is 0 Å². The minimum Gasteiger partial charge on any atom is -0.322 e. The summed E-state index contributed by atoms with van der Waals surface area (Å²) in [6.45, 7) is 5.98. The SMILES string of the molecule is Cc1cc(C)c(C(=O)Nc2ccc(Br)cc2)c(C)c1. The van der Waals surface area contributed by atoms with Crippen molar-refractivity contribution in [1.82, 2.24) is 0 Å². The summed E-state index contributed by atoms with van der Waals surface area (Å²) in [5, 5.41) is 2.93. The molecule has 2 nitrogen and oxygen atoms in total. The maximum atomic E-state index is 12.3. The van der Waals surface area contributed by atoms with E-state index in [2.05, 4.69) is 21.2 Å². The highest BCUT2D eigenvalue weighted by atomic mass is 79.9. The van der Waals surface area contributed by atoms with Crippen LogP contribution in [0.1, 0.15) is 27.0 Å². The van der Waals surface area contributed by atoms with Crippen molar-refractivity contribution in [3.05, 3.63) is 63.1 Å². The fraction of sp³-hybridized carbons (Fsp3) is 0.188. The zero-order valence-corrected chi connectivity index (χ0v) is 12.8. The summed E-state index contributed by atoms with van der Waals surface area (Å²) in [4.78, 5) is 12.3. The van der Waals surface area contributed by atoms with Crippen LogP contribution in [0.5, 0.6) is 0 Å². The zero-order chi connectivity index (χ0) is 14.0. The van der Waals surface area contributed by atoms with Gasteiger partial charge >= 0.3 is 0 Å². The second-order valence-corrected chi connectivity index (χ2v) is 5.65. The van der Waals surface area contributed by atoms with Gasteiger partial charge < -0.3 is 5.32 Å². The number of rotatable bonds is 2. The Morgan fingerprint density at radius 2 is 1.53 bits per heavy atom. The monoisotopic (exact) mass is 317 g/mol. The Labute approximate surface area is 122 Å². The first-order valence-electron chi connectivity index (χ1n) is 6.12. The molecule has 0 spiro atoms. The minimum atomic E-state index is -0.0580. The van der Waals surface area contributed by atoms with E-state index in [-0.39, 0.29) is 5.91 Å². The lowest BCUT2D eigenvalue weighted by molar-refractivity contribution is 0.102. The van der Waals surface area contributed by atoms with Crippen LogP contribution in [0.15, 0.2) is 40.9 Å². The summed E-state index contributed by atoms with van der Waals surface area (Å²) < 4.78 is 0.994. The van der Waals surface area contributed by atoms with E-state index < -0.39 is 0 Å². The van der Waals surface area contributed by atoms with Gasteiger partial charge in [-0.05, 0) is 56.2 Å². The van der Waals surface area contributed by atoms with Crippen LogP contribution in [-0.4, -0.2) is 5.91 Å². The molecule has 0 aromatic heterocycles. The Bertz CT molecular complexity index is 594. The first-order valence-corrected chi connectivity index (χ1v) is 6.91. The highest BCUT2D eigenvalue weighted by Crippen LogP contribution is 2.19. The molecule has 0 bridgehead atoms. The molecule has 0 atom stereocenters. The molecule has 1 amide bonds. The predicted octanol–water partition coefficient (Wildman–Crippen LogP) is 4.63. The van der Waals surface area contributed by atoms with Crippen LogP contribution < -0.4 is 5.32 Å². The molecule has 3 heteroatoms. The lowest BCUT2D eigenvalue weighted by Gasteiger charge is -2.11. The van der Waals surface area contributed by atoms with Crippen LogP contribution >= 0.6 is 15.9 Å². The molecule has 0 aliphatic rings. The number of carbonyl (C=O) groups excluding carboxylic acids is 1. The Morgan fingerprint density at radius 1 is 1.00 bits per heavy atom. The lowest BCUT2D eigenvalue weighted by Crippen LogP contribution is -2.15. The van der Waals surface area contributed by atoms with Gasteiger partial charge in [0.2, 0.25) is 0 Å². The molecule has 0 radical (unpaired) electrons. The summed E-state index contributed by atoms with van der Waals surface area (Å²) in [6, 6.07) is 11.6. The van der Waals surface area contributed by atoms with Gasteiger partial charge in [0.25, 0.3) is 5.91 Å². The van der Waals surface area contributed by atoms with Gasteiger partial charge in [-0.2, -0.15) is 0 Å². The quantitative estimate of drug-likeness (QED) is 0.859. The third kappa shape index (κ3) is 3.24. The van der Waals surface area contributed by atoms with Gasteiger partial charge in [-0.15, -0.1) is 0 Å². The smallest absolute Gasteiger partial charge is 0.256 e. The van der Waals surface area contributed by atoms with E-state index in [0.29, 0.717) is 0 Å². The number of hydrogen-bond acceptors (Lipinski definition) is 1. The van der Waals surface area contributed by atoms with Crippen molar-refractivity contribution in [2.24, 2.45) is 0 Å². The van der Waals surface area contributed by atoms with E-state index in [0.717, 1.165) is 26.9 Å². The largest absolute Gasteiger partial charge is 0.322 e. The van der Waals surface area contributed by atoms with Crippen molar-refractivity contribution in [2.75, 3.05) is 5.32 Å². The summed E-state index contributed by atoms with van der Waals surface area (Å²) in [7, 11) is 0. The number of nitrogens with one attached hydrogen (secondary N) is 1. The summed E-state index contributed by atoms with van der Waals surface area (Å²) in [6.07, 6.45) is 0. The average Bonchev–Trinajstić information content (AvgIpc) is 2.30. The molecule has 2 aromatic rings. The van der Waals surface area contributed by atoms with Crippen LogP contribution in [0.2, 0.25) is 0 Å². The van der Waals surface area contributed by atoms with Gasteiger partial charge in [-0.1, -0.05) is 33.6 Å². The van der Waals surface area contributed by atoms with E-state index in [1.165, 1.54) is 5.56 Å². The molecular formula is C16H16BrNO. The summed E-state index contributed by atoms with van der Waals surface area (Å²) in [5.74, 6) is -0.0580. The van der Waals surface area contributed by atoms with E-state index in [9.17, 15) is 4.79 Å². The van der Waals surface area contributed by atoms with Gasteiger partial charge in [0, 0.05) is 15.7 Å². The van der Waals surface area contributed by atoms with Crippen LogP contribution in [-0.2, 0) is 0 Å². The zero-order valence-electron chi connectivity index (χ0n) is 11.3. The topological polar surface area (TPSA) is 29.1 Å². The Morgan fingerprint density at radius 3 is 2.05 bits per heavy atom. The van der Waals surface area contributed by atoms with Crippen LogP contribution in [0.25, 0.3) is 0 Å². The predicted molar refractivity (Wildman–Crippen MR) is 82.7 cm³/mol. The van der Waals surface area contributed by atoms with Crippen molar-refractivity contribution in [1.29, 1.82) is 0 Å². The fourth-order valence-electron chi connectivity index (χ4n) is 2.26.